The molecule has 0 bridgehead atoms. The van der Waals surface area contributed by atoms with Crippen molar-refractivity contribution >= 4 is 35.4 Å². The van der Waals surface area contributed by atoms with E-state index in [1.807, 2.05) is 13.8 Å². The minimum Gasteiger partial charge on any atom is -0.493 e. The molecule has 4 amide bonds. The molecular weight excluding hydrogens is 428 g/mol. The first-order chi connectivity index (χ1) is 15.7. The normalized spacial score (nSPS) is 10.2. The molecule has 11 heteroatoms. The first-order valence-electron chi connectivity index (χ1n) is 10.0. The lowest BCUT2D eigenvalue weighted by atomic mass is 10.1. The molecule has 2 rings (SSSR count). The van der Waals surface area contributed by atoms with Gasteiger partial charge in [0, 0.05) is 34.8 Å². The van der Waals surface area contributed by atoms with Crippen LogP contribution in [0, 0.1) is 12.3 Å². The smallest absolute Gasteiger partial charge is 0.337 e. The van der Waals surface area contributed by atoms with Crippen molar-refractivity contribution in [3.63, 3.8) is 0 Å². The molecule has 0 heterocycles. The molecule has 0 spiro atoms. The number of methoxy groups -OCH3 is 1. The number of rotatable bonds is 8. The highest BCUT2D eigenvalue weighted by molar-refractivity contribution is 5.99. The Morgan fingerprint density at radius 3 is 2.48 bits per heavy atom. The van der Waals surface area contributed by atoms with Crippen molar-refractivity contribution in [1.82, 2.24) is 16.2 Å². The largest absolute Gasteiger partial charge is 0.493 e. The Morgan fingerprint density at radius 2 is 1.85 bits per heavy atom. The molecule has 0 aliphatic carbocycles. The Balaban J connectivity index is 1.97. The zero-order valence-corrected chi connectivity index (χ0v) is 18.9. The topological polar surface area (TPSA) is 168 Å². The van der Waals surface area contributed by atoms with Gasteiger partial charge in [-0.15, -0.1) is 0 Å². The molecule has 11 nitrogen and oxygen atoms in total. The van der Waals surface area contributed by atoms with E-state index in [0.29, 0.717) is 28.3 Å². The maximum absolute atomic E-state index is 12.4. The fourth-order valence-corrected chi connectivity index (χ4v) is 2.85. The molecular formula is C22H28N6O5. The Labute approximate surface area is 191 Å². The van der Waals surface area contributed by atoms with Gasteiger partial charge in [-0.3, -0.25) is 15.0 Å². The van der Waals surface area contributed by atoms with Crippen LogP contribution in [0.3, 0.4) is 0 Å². The zero-order valence-electron chi connectivity index (χ0n) is 18.9. The van der Waals surface area contributed by atoms with Crippen molar-refractivity contribution in [3.05, 3.63) is 47.0 Å². The van der Waals surface area contributed by atoms with Crippen molar-refractivity contribution < 1.29 is 23.9 Å². The summed E-state index contributed by atoms with van der Waals surface area (Å²) in [5.74, 6) is -0.337. The van der Waals surface area contributed by atoms with Crippen LogP contribution in [0.5, 0.6) is 11.5 Å². The fraction of sp³-hybridized carbons (Fsp3) is 0.273. The predicted molar refractivity (Wildman–Crippen MR) is 125 cm³/mol. The summed E-state index contributed by atoms with van der Waals surface area (Å²) in [5, 5.41) is 12.7. The van der Waals surface area contributed by atoms with Crippen LogP contribution in [0.15, 0.2) is 30.3 Å². The van der Waals surface area contributed by atoms with E-state index in [1.54, 1.807) is 19.1 Å². The average molecular weight is 457 g/mol. The molecule has 0 unspecified atom stereocenters. The Hall–Kier alpha value is -4.28. The number of anilines is 2. The van der Waals surface area contributed by atoms with Crippen LogP contribution < -0.4 is 36.7 Å². The van der Waals surface area contributed by atoms with Crippen molar-refractivity contribution in [2.75, 3.05) is 24.8 Å². The van der Waals surface area contributed by atoms with Gasteiger partial charge in [0.2, 0.25) is 0 Å². The molecule has 0 fully saturated rings. The number of carbonyl (C=O) groups is 3. The maximum Gasteiger partial charge on any atom is 0.337 e. The van der Waals surface area contributed by atoms with Gasteiger partial charge in [-0.25, -0.2) is 10.2 Å². The van der Waals surface area contributed by atoms with Gasteiger partial charge in [0.05, 0.1) is 7.11 Å². The summed E-state index contributed by atoms with van der Waals surface area (Å²) < 4.78 is 10.7. The Kier molecular flexibility index (Phi) is 8.61. The van der Waals surface area contributed by atoms with E-state index in [9.17, 15) is 14.4 Å². The van der Waals surface area contributed by atoms with E-state index in [1.165, 1.54) is 25.3 Å². The van der Waals surface area contributed by atoms with Crippen molar-refractivity contribution in [3.8, 4) is 11.5 Å². The summed E-state index contributed by atoms with van der Waals surface area (Å²) >= 11 is 0. The lowest BCUT2D eigenvalue weighted by molar-refractivity contribution is -0.123. The number of ether oxygens (including phenoxy) is 2. The summed E-state index contributed by atoms with van der Waals surface area (Å²) in [7, 11) is 1.40. The molecule has 0 radical (unpaired) electrons. The lowest BCUT2D eigenvalue weighted by Gasteiger charge is -2.14. The Bertz CT molecular complexity index is 1050. The summed E-state index contributed by atoms with van der Waals surface area (Å²) in [6.07, 6.45) is 1.10. The predicted octanol–water partition coefficient (Wildman–Crippen LogP) is 1.95. The number of hydrogen-bond acceptors (Lipinski definition) is 7. The number of nitrogen functional groups attached to an aromatic ring is 1. The number of nitrogens with one attached hydrogen (secondary N) is 5. The molecule has 0 saturated carbocycles. The number of carbonyl (C=O) groups excluding carboxylic acids is 3. The minimum atomic E-state index is -0.685. The second-order valence-electron chi connectivity index (χ2n) is 7.30. The number of hydrogen-bond donors (Lipinski definition) is 6. The Morgan fingerprint density at radius 1 is 1.12 bits per heavy atom. The van der Waals surface area contributed by atoms with E-state index in [-0.39, 0.29) is 29.9 Å². The van der Waals surface area contributed by atoms with Gasteiger partial charge >= 0.3 is 6.03 Å². The SMILES string of the molecule is COc1cc(C(=O)NNC(=O)Nc2ccc(N)c(C=N)c2C)ccc1OCC(=O)NC(C)C. The zero-order chi connectivity index (χ0) is 24.5. The molecule has 0 saturated heterocycles. The van der Waals surface area contributed by atoms with Gasteiger partial charge in [0.15, 0.2) is 18.1 Å². The molecule has 0 aliphatic heterocycles. The highest BCUT2D eigenvalue weighted by atomic mass is 16.5. The van der Waals surface area contributed by atoms with Crippen LogP contribution >= 0.6 is 0 Å². The third-order valence-electron chi connectivity index (χ3n) is 4.46. The van der Waals surface area contributed by atoms with Crippen LogP contribution in [0.25, 0.3) is 0 Å². The van der Waals surface area contributed by atoms with Crippen molar-refractivity contribution in [2.24, 2.45) is 0 Å². The van der Waals surface area contributed by atoms with E-state index in [0.717, 1.165) is 6.21 Å². The number of benzene rings is 2. The molecule has 7 N–H and O–H groups in total. The van der Waals surface area contributed by atoms with Gasteiger partial charge in [-0.2, -0.15) is 0 Å². The third-order valence-corrected chi connectivity index (χ3v) is 4.46. The van der Waals surface area contributed by atoms with E-state index in [4.69, 9.17) is 20.6 Å². The molecule has 0 atom stereocenters. The molecule has 2 aromatic carbocycles. The first kappa shape index (κ1) is 25.0. The van der Waals surface area contributed by atoms with Gasteiger partial charge < -0.3 is 31.3 Å². The highest BCUT2D eigenvalue weighted by Crippen LogP contribution is 2.28. The molecule has 0 aliphatic rings. The summed E-state index contributed by atoms with van der Waals surface area (Å²) in [4.78, 5) is 36.4. The van der Waals surface area contributed by atoms with Crippen molar-refractivity contribution in [2.45, 2.75) is 26.8 Å². The summed E-state index contributed by atoms with van der Waals surface area (Å²) in [6.45, 7) is 5.19. The van der Waals surface area contributed by atoms with Crippen LogP contribution in [0.4, 0.5) is 16.2 Å². The quantitative estimate of drug-likeness (QED) is 0.202. The summed E-state index contributed by atoms with van der Waals surface area (Å²) in [6, 6.07) is 6.86. The number of hydrazine groups is 1. The molecule has 33 heavy (non-hydrogen) atoms. The number of amides is 4. The third kappa shape index (κ3) is 6.86. The van der Waals surface area contributed by atoms with E-state index in [2.05, 4.69) is 21.5 Å². The number of urea groups is 1. The second-order valence-corrected chi connectivity index (χ2v) is 7.30. The van der Waals surface area contributed by atoms with Crippen LogP contribution in [0.1, 0.15) is 35.3 Å². The van der Waals surface area contributed by atoms with Gasteiger partial charge in [-0.05, 0) is 56.7 Å². The highest BCUT2D eigenvalue weighted by Gasteiger charge is 2.14. The van der Waals surface area contributed by atoms with Crippen LogP contribution in [-0.4, -0.2) is 43.8 Å². The molecule has 2 aromatic rings. The average Bonchev–Trinajstić information content (AvgIpc) is 2.77. The first-order valence-corrected chi connectivity index (χ1v) is 10.0. The van der Waals surface area contributed by atoms with Crippen LogP contribution in [0.2, 0.25) is 0 Å². The molecule has 176 valence electrons. The standard InChI is InChI=1S/C22H28N6O5/c1-12(2)25-20(29)11-33-18-8-5-14(9-19(18)32-4)21(30)27-28-22(31)26-17-7-6-16(24)15(10-23)13(17)3/h5-10,12,23H,11,24H2,1-4H3,(H,25,29)(H,27,30)(H2,26,28,31). The van der Waals surface area contributed by atoms with Gasteiger partial charge in [-0.1, -0.05) is 0 Å². The van der Waals surface area contributed by atoms with E-state index < -0.39 is 11.9 Å². The summed E-state index contributed by atoms with van der Waals surface area (Å²) in [5.41, 5.74) is 12.5. The van der Waals surface area contributed by atoms with Crippen molar-refractivity contribution in [1.29, 1.82) is 5.41 Å². The minimum absolute atomic E-state index is 0.0132. The van der Waals surface area contributed by atoms with Gasteiger partial charge in [0.1, 0.15) is 0 Å². The lowest BCUT2D eigenvalue weighted by Crippen LogP contribution is -2.44. The monoisotopic (exact) mass is 456 g/mol. The number of nitrogens with two attached hydrogens (primary N) is 1. The fourth-order valence-electron chi connectivity index (χ4n) is 2.85. The van der Waals surface area contributed by atoms with Gasteiger partial charge in [0.25, 0.3) is 11.8 Å². The molecule has 0 aromatic heterocycles. The maximum atomic E-state index is 12.4. The van der Waals surface area contributed by atoms with Crippen LogP contribution in [-0.2, 0) is 4.79 Å². The van der Waals surface area contributed by atoms with E-state index >= 15 is 0 Å². The second kappa shape index (κ2) is 11.4.